The number of halogens is 1. The molecule has 1 aromatic carbocycles. The smallest absolute Gasteiger partial charge is 0.109 e. The van der Waals surface area contributed by atoms with Gasteiger partial charge < -0.3 is 4.98 Å². The molecule has 0 saturated heterocycles. The molecular weight excluding hydrogens is 288 g/mol. The SMILES string of the molecule is Brc1cccc(-c2cnc(C3CCCCC3)[nH]2)c1. The van der Waals surface area contributed by atoms with Gasteiger partial charge in [-0.05, 0) is 25.0 Å². The minimum absolute atomic E-state index is 0.639. The number of H-pyrrole nitrogens is 1. The van der Waals surface area contributed by atoms with Gasteiger partial charge in [0.15, 0.2) is 0 Å². The molecule has 0 spiro atoms. The second-order valence-electron chi connectivity index (χ2n) is 5.03. The summed E-state index contributed by atoms with van der Waals surface area (Å²) in [5.41, 5.74) is 2.32. The van der Waals surface area contributed by atoms with Crippen molar-refractivity contribution in [3.05, 3.63) is 40.8 Å². The van der Waals surface area contributed by atoms with Gasteiger partial charge in [0.05, 0.1) is 11.9 Å². The van der Waals surface area contributed by atoms with Crippen LogP contribution in [0.3, 0.4) is 0 Å². The highest BCUT2D eigenvalue weighted by molar-refractivity contribution is 9.10. The Morgan fingerprint density at radius 1 is 1.17 bits per heavy atom. The molecule has 1 aromatic heterocycles. The largest absolute Gasteiger partial charge is 0.342 e. The van der Waals surface area contributed by atoms with Gasteiger partial charge >= 0.3 is 0 Å². The standard InChI is InChI=1S/C15H17BrN2/c16-13-8-4-7-12(9-13)14-10-17-15(18-14)11-5-2-1-3-6-11/h4,7-11H,1-3,5-6H2,(H,17,18). The number of hydrogen-bond acceptors (Lipinski definition) is 1. The minimum Gasteiger partial charge on any atom is -0.342 e. The molecule has 2 aromatic rings. The first-order valence-corrected chi connectivity index (χ1v) is 7.43. The van der Waals surface area contributed by atoms with E-state index >= 15 is 0 Å². The molecule has 1 fully saturated rings. The molecule has 18 heavy (non-hydrogen) atoms. The Balaban J connectivity index is 1.84. The van der Waals surface area contributed by atoms with Crippen LogP contribution in [-0.4, -0.2) is 9.97 Å². The molecule has 0 aliphatic heterocycles. The summed E-state index contributed by atoms with van der Waals surface area (Å²) in [6, 6.07) is 8.34. The maximum absolute atomic E-state index is 4.58. The summed E-state index contributed by atoms with van der Waals surface area (Å²) in [6.45, 7) is 0. The summed E-state index contributed by atoms with van der Waals surface area (Å²) in [5.74, 6) is 1.81. The lowest BCUT2D eigenvalue weighted by molar-refractivity contribution is 0.431. The first kappa shape index (κ1) is 12.0. The van der Waals surface area contributed by atoms with E-state index in [2.05, 4.69) is 44.1 Å². The fraction of sp³-hybridized carbons (Fsp3) is 0.400. The molecule has 0 radical (unpaired) electrons. The molecule has 94 valence electrons. The number of rotatable bonds is 2. The summed E-state index contributed by atoms with van der Waals surface area (Å²) in [7, 11) is 0. The average Bonchev–Trinajstić information content (AvgIpc) is 2.89. The van der Waals surface area contributed by atoms with Crippen molar-refractivity contribution >= 4 is 15.9 Å². The third-order valence-corrected chi connectivity index (χ3v) is 4.22. The van der Waals surface area contributed by atoms with Crippen LogP contribution < -0.4 is 0 Å². The predicted octanol–water partition coefficient (Wildman–Crippen LogP) is 4.89. The maximum Gasteiger partial charge on any atom is 0.109 e. The third kappa shape index (κ3) is 2.51. The summed E-state index contributed by atoms with van der Waals surface area (Å²) >= 11 is 3.51. The highest BCUT2D eigenvalue weighted by Crippen LogP contribution is 2.32. The fourth-order valence-electron chi connectivity index (χ4n) is 2.72. The van der Waals surface area contributed by atoms with Gasteiger partial charge in [0, 0.05) is 16.0 Å². The number of nitrogens with one attached hydrogen (secondary N) is 1. The number of hydrogen-bond donors (Lipinski definition) is 1. The lowest BCUT2D eigenvalue weighted by Crippen LogP contribution is -2.06. The number of aromatic nitrogens is 2. The second kappa shape index (κ2) is 5.27. The van der Waals surface area contributed by atoms with Crippen molar-refractivity contribution in [1.29, 1.82) is 0 Å². The molecule has 1 aliphatic rings. The van der Waals surface area contributed by atoms with Gasteiger partial charge in [0.1, 0.15) is 5.82 Å². The first-order chi connectivity index (χ1) is 8.83. The molecule has 2 nitrogen and oxygen atoms in total. The number of aromatic amines is 1. The van der Waals surface area contributed by atoms with Crippen molar-refractivity contribution in [2.75, 3.05) is 0 Å². The van der Waals surface area contributed by atoms with E-state index in [1.165, 1.54) is 43.5 Å². The van der Waals surface area contributed by atoms with Crippen molar-refractivity contribution in [2.24, 2.45) is 0 Å². The van der Waals surface area contributed by atoms with Gasteiger partial charge in [-0.1, -0.05) is 47.3 Å². The van der Waals surface area contributed by atoms with Crippen LogP contribution in [-0.2, 0) is 0 Å². The molecule has 1 N–H and O–H groups in total. The van der Waals surface area contributed by atoms with Crippen LogP contribution >= 0.6 is 15.9 Å². The van der Waals surface area contributed by atoms with Gasteiger partial charge in [0.2, 0.25) is 0 Å². The van der Waals surface area contributed by atoms with Crippen molar-refractivity contribution in [2.45, 2.75) is 38.0 Å². The van der Waals surface area contributed by atoms with Crippen molar-refractivity contribution in [3.63, 3.8) is 0 Å². The lowest BCUT2D eigenvalue weighted by Gasteiger charge is -2.19. The highest BCUT2D eigenvalue weighted by Gasteiger charge is 2.18. The van der Waals surface area contributed by atoms with E-state index in [-0.39, 0.29) is 0 Å². The molecule has 1 aliphatic carbocycles. The molecule has 1 heterocycles. The van der Waals surface area contributed by atoms with Crippen LogP contribution in [0.1, 0.15) is 43.8 Å². The Morgan fingerprint density at radius 3 is 2.78 bits per heavy atom. The molecule has 3 heteroatoms. The summed E-state index contributed by atoms with van der Waals surface area (Å²) in [5, 5.41) is 0. The molecule has 0 unspecified atom stereocenters. The lowest BCUT2D eigenvalue weighted by atomic mass is 9.89. The van der Waals surface area contributed by atoms with Gasteiger partial charge in [0.25, 0.3) is 0 Å². The van der Waals surface area contributed by atoms with Crippen molar-refractivity contribution < 1.29 is 0 Å². The molecular formula is C15H17BrN2. The summed E-state index contributed by atoms with van der Waals surface area (Å²) in [6.07, 6.45) is 8.60. The van der Waals surface area contributed by atoms with Gasteiger partial charge in [-0.25, -0.2) is 4.98 Å². The number of benzene rings is 1. The molecule has 1 saturated carbocycles. The maximum atomic E-state index is 4.58. The van der Waals surface area contributed by atoms with E-state index in [0.29, 0.717) is 5.92 Å². The molecule has 3 rings (SSSR count). The van der Waals surface area contributed by atoms with Crippen LogP contribution in [0.25, 0.3) is 11.3 Å². The topological polar surface area (TPSA) is 28.7 Å². The number of nitrogens with zero attached hydrogens (tertiary/aromatic N) is 1. The highest BCUT2D eigenvalue weighted by atomic mass is 79.9. The van der Waals surface area contributed by atoms with Crippen LogP contribution in [0.2, 0.25) is 0 Å². The molecule has 0 bridgehead atoms. The van der Waals surface area contributed by atoms with Crippen molar-refractivity contribution in [3.8, 4) is 11.3 Å². The minimum atomic E-state index is 0.639. The van der Waals surface area contributed by atoms with E-state index in [9.17, 15) is 0 Å². The average molecular weight is 305 g/mol. The Kier molecular flexibility index (Phi) is 3.50. The molecule has 0 amide bonds. The monoisotopic (exact) mass is 304 g/mol. The Morgan fingerprint density at radius 2 is 2.00 bits per heavy atom. The van der Waals surface area contributed by atoms with Crippen LogP contribution in [0.15, 0.2) is 34.9 Å². The van der Waals surface area contributed by atoms with E-state index in [1.807, 2.05) is 12.3 Å². The van der Waals surface area contributed by atoms with E-state index in [1.54, 1.807) is 0 Å². The van der Waals surface area contributed by atoms with E-state index in [0.717, 1.165) is 10.2 Å². The van der Waals surface area contributed by atoms with Crippen LogP contribution in [0.5, 0.6) is 0 Å². The third-order valence-electron chi connectivity index (χ3n) is 3.72. The predicted molar refractivity (Wildman–Crippen MR) is 77.5 cm³/mol. The van der Waals surface area contributed by atoms with Gasteiger partial charge in [-0.2, -0.15) is 0 Å². The van der Waals surface area contributed by atoms with Gasteiger partial charge in [-0.3, -0.25) is 0 Å². The zero-order valence-electron chi connectivity index (χ0n) is 10.3. The Bertz CT molecular complexity index is 527. The Labute approximate surface area is 116 Å². The molecule has 0 atom stereocenters. The first-order valence-electron chi connectivity index (χ1n) is 6.64. The van der Waals surface area contributed by atoms with E-state index < -0.39 is 0 Å². The van der Waals surface area contributed by atoms with Crippen LogP contribution in [0.4, 0.5) is 0 Å². The summed E-state index contributed by atoms with van der Waals surface area (Å²) < 4.78 is 1.11. The second-order valence-corrected chi connectivity index (χ2v) is 5.94. The quantitative estimate of drug-likeness (QED) is 0.841. The number of imidazole rings is 1. The van der Waals surface area contributed by atoms with Crippen LogP contribution in [0, 0.1) is 0 Å². The summed E-state index contributed by atoms with van der Waals surface area (Å²) in [4.78, 5) is 8.07. The van der Waals surface area contributed by atoms with Crippen molar-refractivity contribution in [1.82, 2.24) is 9.97 Å². The van der Waals surface area contributed by atoms with E-state index in [4.69, 9.17) is 0 Å². The zero-order valence-corrected chi connectivity index (χ0v) is 11.9. The Hall–Kier alpha value is -1.09. The fourth-order valence-corrected chi connectivity index (χ4v) is 3.12. The zero-order chi connectivity index (χ0) is 12.4. The van der Waals surface area contributed by atoms with Gasteiger partial charge in [-0.15, -0.1) is 0 Å². The normalized spacial score (nSPS) is 16.9.